The van der Waals surface area contributed by atoms with Gasteiger partial charge in [0, 0.05) is 36.8 Å². The quantitative estimate of drug-likeness (QED) is 0.618. The summed E-state index contributed by atoms with van der Waals surface area (Å²) < 4.78 is 0. The van der Waals surface area contributed by atoms with Gasteiger partial charge in [-0.3, -0.25) is 19.3 Å². The number of nitrogens with one attached hydrogen (secondary N) is 1. The van der Waals surface area contributed by atoms with Gasteiger partial charge in [0.1, 0.15) is 0 Å². The Bertz CT molecular complexity index is 1230. The molecule has 0 spiro atoms. The fourth-order valence-corrected chi connectivity index (χ4v) is 5.94. The van der Waals surface area contributed by atoms with Crippen molar-refractivity contribution in [3.05, 3.63) is 101 Å². The Kier molecular flexibility index (Phi) is 4.64. The van der Waals surface area contributed by atoms with Gasteiger partial charge < -0.3 is 5.32 Å². The van der Waals surface area contributed by atoms with Crippen molar-refractivity contribution < 1.29 is 14.4 Å². The smallest absolute Gasteiger partial charge is 0.251 e. The molecular formula is C28H24N2O3. The monoisotopic (exact) mass is 436 g/mol. The van der Waals surface area contributed by atoms with Gasteiger partial charge in [0.25, 0.3) is 5.91 Å². The van der Waals surface area contributed by atoms with Crippen LogP contribution < -0.4 is 10.2 Å². The molecule has 5 heteroatoms. The van der Waals surface area contributed by atoms with Gasteiger partial charge in [0.2, 0.25) is 11.8 Å². The van der Waals surface area contributed by atoms with Crippen LogP contribution in [0.5, 0.6) is 0 Å². The van der Waals surface area contributed by atoms with E-state index in [-0.39, 0.29) is 36.5 Å². The second-order valence-electron chi connectivity index (χ2n) is 9.17. The number of nitrogens with zero attached hydrogens (tertiary/aromatic N) is 1. The highest BCUT2D eigenvalue weighted by Crippen LogP contribution is 2.55. The fraction of sp³-hybridized carbons (Fsp3) is 0.250. The zero-order valence-electron chi connectivity index (χ0n) is 18.2. The Morgan fingerprint density at radius 2 is 1.42 bits per heavy atom. The van der Waals surface area contributed by atoms with Crippen molar-refractivity contribution in [1.82, 2.24) is 5.32 Å². The summed E-state index contributed by atoms with van der Waals surface area (Å²) >= 11 is 0. The van der Waals surface area contributed by atoms with Crippen LogP contribution in [0.3, 0.4) is 0 Å². The van der Waals surface area contributed by atoms with Crippen LogP contribution in [-0.4, -0.2) is 24.3 Å². The van der Waals surface area contributed by atoms with Gasteiger partial charge in [-0.2, -0.15) is 0 Å². The fourth-order valence-electron chi connectivity index (χ4n) is 5.94. The van der Waals surface area contributed by atoms with Gasteiger partial charge in [-0.15, -0.1) is 0 Å². The zero-order chi connectivity index (χ0) is 22.5. The summed E-state index contributed by atoms with van der Waals surface area (Å²) in [6.07, 6.45) is 1.46. The molecule has 1 fully saturated rings. The number of hydrogen-bond donors (Lipinski definition) is 1. The first-order valence-corrected chi connectivity index (χ1v) is 11.5. The van der Waals surface area contributed by atoms with Crippen LogP contribution in [0.15, 0.2) is 72.8 Å². The third-order valence-electron chi connectivity index (χ3n) is 7.37. The summed E-state index contributed by atoms with van der Waals surface area (Å²) in [7, 11) is 0. The van der Waals surface area contributed by atoms with Crippen molar-refractivity contribution >= 4 is 23.4 Å². The second-order valence-corrected chi connectivity index (χ2v) is 9.17. The van der Waals surface area contributed by atoms with E-state index in [9.17, 15) is 14.4 Å². The molecule has 0 saturated carbocycles. The van der Waals surface area contributed by atoms with Gasteiger partial charge in [-0.25, -0.2) is 0 Å². The maximum absolute atomic E-state index is 13.0. The first-order valence-electron chi connectivity index (χ1n) is 11.5. The molecule has 5 nitrogen and oxygen atoms in total. The van der Waals surface area contributed by atoms with Gasteiger partial charge in [0.15, 0.2) is 0 Å². The van der Waals surface area contributed by atoms with Crippen molar-refractivity contribution in [2.24, 2.45) is 5.92 Å². The van der Waals surface area contributed by atoms with E-state index >= 15 is 0 Å². The third-order valence-corrected chi connectivity index (χ3v) is 7.37. The minimum absolute atomic E-state index is 0.182. The summed E-state index contributed by atoms with van der Waals surface area (Å²) in [5, 5.41) is 3.13. The Labute approximate surface area is 192 Å². The van der Waals surface area contributed by atoms with E-state index in [2.05, 4.69) is 53.8 Å². The number of amides is 3. The maximum Gasteiger partial charge on any atom is 0.251 e. The molecule has 1 unspecified atom stereocenters. The Hall–Kier alpha value is -3.73. The van der Waals surface area contributed by atoms with Gasteiger partial charge >= 0.3 is 0 Å². The molecule has 2 bridgehead atoms. The van der Waals surface area contributed by atoms with Gasteiger partial charge in [-0.1, -0.05) is 54.6 Å². The molecule has 1 heterocycles. The van der Waals surface area contributed by atoms with E-state index in [4.69, 9.17) is 0 Å². The van der Waals surface area contributed by atoms with Crippen molar-refractivity contribution in [3.8, 4) is 0 Å². The number of fused-ring (bicyclic) bond motifs is 1. The Balaban J connectivity index is 1.23. The van der Waals surface area contributed by atoms with Crippen LogP contribution >= 0.6 is 0 Å². The average Bonchev–Trinajstić information content (AvgIpc) is 3.20. The lowest BCUT2D eigenvalue weighted by Gasteiger charge is -2.45. The number of anilines is 1. The van der Waals surface area contributed by atoms with E-state index in [1.54, 1.807) is 24.3 Å². The van der Waals surface area contributed by atoms with Crippen LogP contribution in [0.25, 0.3) is 0 Å². The standard InChI is InChI=1S/C28H24N2O3/c31-25-12-13-26(32)30(25)19-7-5-6-17(14-19)28(33)29-16-18-15-24-20-8-1-3-10-22(20)27(18)23-11-4-2-9-21(23)24/h1-11,14,18,24,27H,12-13,15-16H2,(H,29,33). The summed E-state index contributed by atoms with van der Waals surface area (Å²) in [5.74, 6) is 0.336. The minimum atomic E-state index is -0.215. The molecule has 1 saturated heterocycles. The topological polar surface area (TPSA) is 66.5 Å². The number of carbonyl (C=O) groups is 3. The molecule has 1 aliphatic heterocycles. The van der Waals surface area contributed by atoms with E-state index in [1.807, 2.05) is 0 Å². The second kappa shape index (κ2) is 7.69. The summed E-state index contributed by atoms with van der Waals surface area (Å²) in [6.45, 7) is 0.578. The van der Waals surface area contributed by atoms with Gasteiger partial charge in [-0.05, 0) is 52.8 Å². The van der Waals surface area contributed by atoms with E-state index in [0.29, 0.717) is 29.6 Å². The highest BCUT2D eigenvalue weighted by atomic mass is 16.2. The third kappa shape index (κ3) is 3.18. The number of imide groups is 1. The molecule has 164 valence electrons. The lowest BCUT2D eigenvalue weighted by molar-refractivity contribution is -0.121. The maximum atomic E-state index is 13.0. The van der Waals surface area contributed by atoms with Crippen molar-refractivity contribution in [2.75, 3.05) is 11.4 Å². The molecule has 1 N–H and O–H groups in total. The normalized spacial score (nSPS) is 22.8. The zero-order valence-corrected chi connectivity index (χ0v) is 18.2. The molecule has 7 rings (SSSR count). The van der Waals surface area contributed by atoms with Crippen molar-refractivity contribution in [2.45, 2.75) is 31.1 Å². The summed E-state index contributed by atoms with van der Waals surface area (Å²) in [6, 6.07) is 24.1. The predicted octanol–water partition coefficient (Wildman–Crippen LogP) is 4.37. The largest absolute Gasteiger partial charge is 0.352 e. The highest BCUT2D eigenvalue weighted by molar-refractivity contribution is 6.20. The van der Waals surface area contributed by atoms with E-state index < -0.39 is 0 Å². The van der Waals surface area contributed by atoms with Crippen LogP contribution in [0, 0.1) is 5.92 Å². The Morgan fingerprint density at radius 3 is 2.06 bits per heavy atom. The molecule has 3 amide bonds. The number of hydrogen-bond acceptors (Lipinski definition) is 3. The molecule has 4 aliphatic rings. The van der Waals surface area contributed by atoms with Crippen LogP contribution in [-0.2, 0) is 9.59 Å². The molecule has 33 heavy (non-hydrogen) atoms. The Morgan fingerprint density at radius 1 is 0.818 bits per heavy atom. The molecule has 3 aromatic rings. The van der Waals surface area contributed by atoms with Crippen LogP contribution in [0.4, 0.5) is 5.69 Å². The minimum Gasteiger partial charge on any atom is -0.352 e. The lowest BCUT2D eigenvalue weighted by atomic mass is 9.59. The van der Waals surface area contributed by atoms with Crippen LogP contribution in [0.1, 0.15) is 63.7 Å². The average molecular weight is 437 g/mol. The van der Waals surface area contributed by atoms with Crippen LogP contribution in [0.2, 0.25) is 0 Å². The SMILES string of the molecule is O=C(NCC1CC2c3ccccc3C1c1ccccc12)c1cccc(N2C(=O)CCC2=O)c1. The van der Waals surface area contributed by atoms with E-state index in [0.717, 1.165) is 6.42 Å². The lowest BCUT2D eigenvalue weighted by Crippen LogP contribution is -2.39. The molecule has 3 aliphatic carbocycles. The predicted molar refractivity (Wildman–Crippen MR) is 125 cm³/mol. The molecule has 3 aromatic carbocycles. The first kappa shape index (κ1) is 19.9. The summed E-state index contributed by atoms with van der Waals surface area (Å²) in [5.41, 5.74) is 6.50. The molecule has 0 radical (unpaired) electrons. The number of carbonyl (C=O) groups excluding carboxylic acids is 3. The highest BCUT2D eigenvalue weighted by Gasteiger charge is 2.43. The summed E-state index contributed by atoms with van der Waals surface area (Å²) in [4.78, 5) is 38.4. The van der Waals surface area contributed by atoms with Crippen molar-refractivity contribution in [1.29, 1.82) is 0 Å². The van der Waals surface area contributed by atoms with E-state index in [1.165, 1.54) is 27.2 Å². The van der Waals surface area contributed by atoms with Crippen molar-refractivity contribution in [3.63, 3.8) is 0 Å². The molecular weight excluding hydrogens is 412 g/mol. The van der Waals surface area contributed by atoms with Gasteiger partial charge in [0.05, 0.1) is 5.69 Å². The molecule has 1 atom stereocenters. The number of rotatable bonds is 4. The number of benzene rings is 3. The first-order chi connectivity index (χ1) is 16.1. The molecule has 0 aromatic heterocycles.